The number of anilines is 1. The van der Waals surface area contributed by atoms with Gasteiger partial charge in [0.25, 0.3) is 0 Å². The molecule has 1 amide bonds. The Hall–Kier alpha value is -4.19. The number of phenols is 1. The van der Waals surface area contributed by atoms with Crippen LogP contribution in [0, 0.1) is 0 Å². The molecule has 0 saturated carbocycles. The first-order valence-corrected chi connectivity index (χ1v) is 9.90. The van der Waals surface area contributed by atoms with E-state index in [-0.39, 0.29) is 11.7 Å². The molecule has 0 atom stereocenters. The zero-order chi connectivity index (χ0) is 22.9. The van der Waals surface area contributed by atoms with E-state index in [0.29, 0.717) is 28.5 Å². The van der Waals surface area contributed by atoms with Crippen LogP contribution in [0.4, 0.5) is 5.69 Å². The fraction of sp³-hybridized carbons (Fsp3) is 0.115. The van der Waals surface area contributed by atoms with Crippen LogP contribution >= 0.6 is 0 Å². The number of amides is 1. The smallest absolute Gasteiger partial charge is 0.248 e. The summed E-state index contributed by atoms with van der Waals surface area (Å²) in [7, 11) is 4.65. The molecule has 6 heteroatoms. The molecule has 0 aliphatic carbocycles. The average molecular weight is 431 g/mol. The Balaban J connectivity index is 1.85. The Bertz CT molecular complexity index is 1110. The van der Waals surface area contributed by atoms with Crippen LogP contribution in [0.25, 0.3) is 18.2 Å². The molecule has 3 aromatic carbocycles. The number of hydrogen-bond acceptors (Lipinski definition) is 5. The molecule has 3 aromatic rings. The number of phenolic OH excluding ortho intramolecular Hbond substituents is 1. The van der Waals surface area contributed by atoms with Crippen molar-refractivity contribution < 1.29 is 24.1 Å². The van der Waals surface area contributed by atoms with Crippen molar-refractivity contribution in [1.82, 2.24) is 0 Å². The minimum Gasteiger partial charge on any atom is -0.506 e. The first-order valence-electron chi connectivity index (χ1n) is 9.90. The Labute approximate surface area is 187 Å². The van der Waals surface area contributed by atoms with Crippen molar-refractivity contribution in [2.75, 3.05) is 26.6 Å². The third-order valence-electron chi connectivity index (χ3n) is 4.69. The van der Waals surface area contributed by atoms with Crippen LogP contribution in [0.3, 0.4) is 0 Å². The van der Waals surface area contributed by atoms with Gasteiger partial charge in [0.05, 0.1) is 27.0 Å². The van der Waals surface area contributed by atoms with E-state index in [0.717, 1.165) is 11.1 Å². The zero-order valence-corrected chi connectivity index (χ0v) is 18.2. The number of hydrogen-bond donors (Lipinski definition) is 2. The maximum atomic E-state index is 12.4. The fourth-order valence-corrected chi connectivity index (χ4v) is 3.12. The number of carbonyl (C=O) groups is 1. The molecule has 164 valence electrons. The molecule has 0 fully saturated rings. The van der Waals surface area contributed by atoms with Gasteiger partial charge in [0.1, 0.15) is 5.75 Å². The normalized spacial score (nSPS) is 11.0. The van der Waals surface area contributed by atoms with Crippen LogP contribution in [0.5, 0.6) is 23.0 Å². The predicted octanol–water partition coefficient (Wildman–Crippen LogP) is 5.24. The third kappa shape index (κ3) is 5.49. The number of carbonyl (C=O) groups excluding carboxylic acids is 1. The molecule has 0 radical (unpaired) electrons. The van der Waals surface area contributed by atoms with Gasteiger partial charge in [-0.3, -0.25) is 4.79 Å². The van der Waals surface area contributed by atoms with Crippen molar-refractivity contribution >= 4 is 29.8 Å². The summed E-state index contributed by atoms with van der Waals surface area (Å²) in [5, 5.41) is 13.1. The monoisotopic (exact) mass is 431 g/mol. The first kappa shape index (κ1) is 22.5. The molecular formula is C26H25NO5. The highest BCUT2D eigenvalue weighted by molar-refractivity contribution is 6.04. The SMILES string of the molecule is COc1cc(/C=C/c2cccc(O)c2NC(=O)/C=C/c2ccccc2)cc(OC)c1OC. The van der Waals surface area contributed by atoms with Crippen molar-refractivity contribution in [1.29, 1.82) is 0 Å². The van der Waals surface area contributed by atoms with Gasteiger partial charge in [-0.1, -0.05) is 54.6 Å². The average Bonchev–Trinajstić information content (AvgIpc) is 2.83. The number of benzene rings is 3. The third-order valence-corrected chi connectivity index (χ3v) is 4.69. The number of nitrogens with one attached hydrogen (secondary N) is 1. The van der Waals surface area contributed by atoms with E-state index < -0.39 is 0 Å². The van der Waals surface area contributed by atoms with Crippen LogP contribution in [-0.2, 0) is 4.79 Å². The molecule has 0 saturated heterocycles. The zero-order valence-electron chi connectivity index (χ0n) is 18.2. The van der Waals surface area contributed by atoms with Gasteiger partial charge in [0.2, 0.25) is 11.7 Å². The van der Waals surface area contributed by atoms with Crippen LogP contribution in [0.15, 0.2) is 66.7 Å². The van der Waals surface area contributed by atoms with Gasteiger partial charge in [-0.25, -0.2) is 0 Å². The Morgan fingerprint density at radius 3 is 2.12 bits per heavy atom. The van der Waals surface area contributed by atoms with Gasteiger partial charge in [-0.15, -0.1) is 0 Å². The molecule has 6 nitrogen and oxygen atoms in total. The lowest BCUT2D eigenvalue weighted by atomic mass is 10.1. The molecule has 0 aliphatic heterocycles. The predicted molar refractivity (Wildman–Crippen MR) is 127 cm³/mol. The highest BCUT2D eigenvalue weighted by Gasteiger charge is 2.13. The van der Waals surface area contributed by atoms with Crippen LogP contribution in [0.1, 0.15) is 16.7 Å². The number of aromatic hydroxyl groups is 1. The summed E-state index contributed by atoms with van der Waals surface area (Å²) in [4.78, 5) is 12.4. The fourth-order valence-electron chi connectivity index (χ4n) is 3.12. The van der Waals surface area contributed by atoms with Crippen molar-refractivity contribution in [3.05, 3.63) is 83.4 Å². The summed E-state index contributed by atoms with van der Waals surface area (Å²) in [6.07, 6.45) is 6.75. The van der Waals surface area contributed by atoms with Crippen molar-refractivity contribution in [2.45, 2.75) is 0 Å². The van der Waals surface area contributed by atoms with Gasteiger partial charge in [-0.05, 0) is 35.4 Å². The van der Waals surface area contributed by atoms with Crippen molar-refractivity contribution in [3.8, 4) is 23.0 Å². The van der Waals surface area contributed by atoms with Crippen LogP contribution in [-0.4, -0.2) is 32.3 Å². The Morgan fingerprint density at radius 2 is 1.50 bits per heavy atom. The van der Waals surface area contributed by atoms with E-state index in [1.807, 2.05) is 48.5 Å². The molecule has 0 unspecified atom stereocenters. The summed E-state index contributed by atoms with van der Waals surface area (Å²) in [5.74, 6) is 1.18. The number of para-hydroxylation sites is 1. The summed E-state index contributed by atoms with van der Waals surface area (Å²) in [6, 6.07) is 18.1. The molecule has 0 aliphatic rings. The summed E-state index contributed by atoms with van der Waals surface area (Å²) < 4.78 is 16.1. The van der Waals surface area contributed by atoms with Gasteiger partial charge in [-0.2, -0.15) is 0 Å². The Morgan fingerprint density at radius 1 is 0.812 bits per heavy atom. The second-order valence-corrected chi connectivity index (χ2v) is 6.77. The van der Waals surface area contributed by atoms with Crippen LogP contribution < -0.4 is 19.5 Å². The minimum atomic E-state index is -0.349. The van der Waals surface area contributed by atoms with E-state index in [1.54, 1.807) is 45.6 Å². The van der Waals surface area contributed by atoms with E-state index in [2.05, 4.69) is 5.32 Å². The molecular weight excluding hydrogens is 406 g/mol. The topological polar surface area (TPSA) is 77.0 Å². The maximum Gasteiger partial charge on any atom is 0.248 e. The van der Waals surface area contributed by atoms with Crippen molar-refractivity contribution in [3.63, 3.8) is 0 Å². The van der Waals surface area contributed by atoms with Crippen LogP contribution in [0.2, 0.25) is 0 Å². The molecule has 32 heavy (non-hydrogen) atoms. The minimum absolute atomic E-state index is 0.0292. The molecule has 0 spiro atoms. The van der Waals surface area contributed by atoms with Gasteiger partial charge in [0.15, 0.2) is 11.5 Å². The lowest BCUT2D eigenvalue weighted by Crippen LogP contribution is -2.09. The molecule has 0 bridgehead atoms. The van der Waals surface area contributed by atoms with E-state index in [1.165, 1.54) is 12.1 Å². The summed E-state index contributed by atoms with van der Waals surface area (Å²) >= 11 is 0. The largest absolute Gasteiger partial charge is 0.506 e. The molecule has 0 heterocycles. The van der Waals surface area contributed by atoms with Gasteiger partial charge < -0.3 is 24.6 Å². The van der Waals surface area contributed by atoms with Gasteiger partial charge in [0, 0.05) is 11.6 Å². The summed E-state index contributed by atoms with van der Waals surface area (Å²) in [6.45, 7) is 0. The number of ether oxygens (including phenoxy) is 3. The van der Waals surface area contributed by atoms with E-state index >= 15 is 0 Å². The molecule has 2 N–H and O–H groups in total. The second kappa shape index (κ2) is 10.7. The highest BCUT2D eigenvalue weighted by atomic mass is 16.5. The standard InChI is InChI=1S/C26H25NO5/c1-30-22-16-19(17-23(31-2)26(22)32-3)12-14-20-10-7-11-21(28)25(20)27-24(29)15-13-18-8-5-4-6-9-18/h4-17,28H,1-3H3,(H,27,29)/b14-12+,15-13+. The lowest BCUT2D eigenvalue weighted by Gasteiger charge is -2.13. The van der Waals surface area contributed by atoms with E-state index in [4.69, 9.17) is 14.2 Å². The lowest BCUT2D eigenvalue weighted by molar-refractivity contribution is -0.111. The van der Waals surface area contributed by atoms with E-state index in [9.17, 15) is 9.90 Å². The maximum absolute atomic E-state index is 12.4. The number of methoxy groups -OCH3 is 3. The number of rotatable bonds is 8. The molecule has 3 rings (SSSR count). The van der Waals surface area contributed by atoms with Gasteiger partial charge >= 0.3 is 0 Å². The second-order valence-electron chi connectivity index (χ2n) is 6.77. The Kier molecular flexibility index (Phi) is 7.54. The summed E-state index contributed by atoms with van der Waals surface area (Å²) in [5.41, 5.74) is 2.66. The highest BCUT2D eigenvalue weighted by Crippen LogP contribution is 2.39. The van der Waals surface area contributed by atoms with Crippen molar-refractivity contribution in [2.24, 2.45) is 0 Å². The molecule has 0 aromatic heterocycles. The quantitative estimate of drug-likeness (QED) is 0.290. The first-order chi connectivity index (χ1) is 15.5.